The van der Waals surface area contributed by atoms with Gasteiger partial charge in [0.2, 0.25) is 0 Å². The molecule has 0 aliphatic carbocycles. The van der Waals surface area contributed by atoms with Crippen LogP contribution in [-0.4, -0.2) is 9.85 Å². The fourth-order valence-corrected chi connectivity index (χ4v) is 3.09. The highest BCUT2D eigenvalue weighted by Crippen LogP contribution is 2.46. The molecule has 1 N–H and O–H groups in total. The van der Waals surface area contributed by atoms with Crippen LogP contribution in [0, 0.1) is 6.92 Å². The van der Waals surface area contributed by atoms with E-state index in [1.54, 1.807) is 0 Å². The van der Waals surface area contributed by atoms with E-state index in [4.69, 9.17) is 0 Å². The van der Waals surface area contributed by atoms with Gasteiger partial charge in [-0.2, -0.15) is 0 Å². The number of rotatable bonds is 0. The summed E-state index contributed by atoms with van der Waals surface area (Å²) in [5.41, 5.74) is 3.74. The van der Waals surface area contributed by atoms with Crippen molar-refractivity contribution in [3.05, 3.63) is 34.9 Å². The highest BCUT2D eigenvalue weighted by atomic mass is 32.2. The van der Waals surface area contributed by atoms with Gasteiger partial charge in [0, 0.05) is 10.5 Å². The number of hydrogen-bond acceptors (Lipinski definition) is 2. The summed E-state index contributed by atoms with van der Waals surface area (Å²) >= 11 is 1.84. The van der Waals surface area contributed by atoms with E-state index in [9.17, 15) is 5.11 Å². The molecule has 0 saturated carbocycles. The lowest BCUT2D eigenvalue weighted by molar-refractivity contribution is 0.141. The predicted octanol–water partition coefficient (Wildman–Crippen LogP) is 3.05. The van der Waals surface area contributed by atoms with Crippen molar-refractivity contribution < 1.29 is 5.11 Å². The fraction of sp³-hybridized carbons (Fsp3) is 0.500. The van der Waals surface area contributed by atoms with Gasteiger partial charge < -0.3 is 5.11 Å². The average molecular weight is 208 g/mol. The molecule has 2 rings (SSSR count). The van der Waals surface area contributed by atoms with Crippen molar-refractivity contribution in [2.24, 2.45) is 0 Å². The molecule has 0 fully saturated rings. The normalized spacial score (nSPS) is 24.4. The Morgan fingerprint density at radius 3 is 2.86 bits per heavy atom. The number of hydrogen-bond donors (Lipinski definition) is 1. The molecule has 1 heterocycles. The van der Waals surface area contributed by atoms with Crippen LogP contribution in [0.2, 0.25) is 0 Å². The van der Waals surface area contributed by atoms with Gasteiger partial charge in [-0.25, -0.2) is 0 Å². The van der Waals surface area contributed by atoms with Crippen molar-refractivity contribution in [2.75, 3.05) is 0 Å². The van der Waals surface area contributed by atoms with Gasteiger partial charge in [0.05, 0.1) is 6.10 Å². The van der Waals surface area contributed by atoms with E-state index >= 15 is 0 Å². The number of thioether (sulfide) groups is 1. The van der Waals surface area contributed by atoms with E-state index in [0.717, 1.165) is 11.3 Å². The second-order valence-corrected chi connectivity index (χ2v) is 6.07. The van der Waals surface area contributed by atoms with E-state index in [-0.39, 0.29) is 10.9 Å². The number of fused-ring (bicyclic) bond motifs is 1. The molecule has 76 valence electrons. The molecular weight excluding hydrogens is 192 g/mol. The van der Waals surface area contributed by atoms with E-state index in [1.807, 2.05) is 17.8 Å². The lowest BCUT2D eigenvalue weighted by Gasteiger charge is -2.36. The standard InChI is InChI=1S/C12H16OS/c1-8-5-4-6-9-10(8)7-14-12(2,3)11(9)13/h4-6,11,13H,7H2,1-3H3. The van der Waals surface area contributed by atoms with Crippen molar-refractivity contribution in [1.82, 2.24) is 0 Å². The Hall–Kier alpha value is -0.470. The zero-order chi connectivity index (χ0) is 10.3. The maximum Gasteiger partial charge on any atom is 0.0934 e. The first-order valence-electron chi connectivity index (χ1n) is 4.93. The third kappa shape index (κ3) is 1.47. The summed E-state index contributed by atoms with van der Waals surface area (Å²) in [4.78, 5) is 0. The van der Waals surface area contributed by atoms with Crippen LogP contribution in [0.1, 0.15) is 36.6 Å². The summed E-state index contributed by atoms with van der Waals surface area (Å²) in [6.45, 7) is 6.33. The second kappa shape index (κ2) is 3.28. The number of benzene rings is 1. The molecule has 2 heteroatoms. The van der Waals surface area contributed by atoms with Crippen molar-refractivity contribution in [2.45, 2.75) is 37.4 Å². The lowest BCUT2D eigenvalue weighted by Crippen LogP contribution is -2.30. The van der Waals surface area contributed by atoms with Gasteiger partial charge >= 0.3 is 0 Å². The molecule has 1 nitrogen and oxygen atoms in total. The maximum absolute atomic E-state index is 10.2. The van der Waals surface area contributed by atoms with Crippen LogP contribution >= 0.6 is 11.8 Å². The van der Waals surface area contributed by atoms with Crippen molar-refractivity contribution in [3.63, 3.8) is 0 Å². The summed E-state index contributed by atoms with van der Waals surface area (Å²) < 4.78 is -0.0548. The van der Waals surface area contributed by atoms with Gasteiger partial charge in [-0.15, -0.1) is 11.8 Å². The Morgan fingerprint density at radius 1 is 1.43 bits per heavy atom. The molecule has 1 aromatic carbocycles. The van der Waals surface area contributed by atoms with Crippen molar-refractivity contribution in [3.8, 4) is 0 Å². The quantitative estimate of drug-likeness (QED) is 0.707. The second-order valence-electron chi connectivity index (χ2n) is 4.44. The third-order valence-corrected chi connectivity index (χ3v) is 4.39. The Morgan fingerprint density at radius 2 is 2.14 bits per heavy atom. The lowest BCUT2D eigenvalue weighted by atomic mass is 9.92. The smallest absolute Gasteiger partial charge is 0.0934 e. The van der Waals surface area contributed by atoms with Gasteiger partial charge in [-0.05, 0) is 37.5 Å². The van der Waals surface area contributed by atoms with Crippen molar-refractivity contribution >= 4 is 11.8 Å². The highest BCUT2D eigenvalue weighted by molar-refractivity contribution is 7.99. The Bertz CT molecular complexity index is 357. The molecule has 0 spiro atoms. The Labute approximate surface area is 89.5 Å². The molecule has 1 unspecified atom stereocenters. The van der Waals surface area contributed by atoms with Gasteiger partial charge in [-0.3, -0.25) is 0 Å². The average Bonchev–Trinajstić information content (AvgIpc) is 2.13. The molecule has 0 aromatic heterocycles. The minimum atomic E-state index is -0.337. The first-order chi connectivity index (χ1) is 6.52. The van der Waals surface area contributed by atoms with Crippen molar-refractivity contribution in [1.29, 1.82) is 0 Å². The zero-order valence-electron chi connectivity index (χ0n) is 8.87. The number of aryl methyl sites for hydroxylation is 1. The molecular formula is C12H16OS. The SMILES string of the molecule is Cc1cccc2c1CSC(C)(C)C2O. The summed E-state index contributed by atoms with van der Waals surface area (Å²) in [5.74, 6) is 1.02. The molecule has 0 saturated heterocycles. The minimum absolute atomic E-state index is 0.0548. The Kier molecular flexibility index (Phi) is 2.36. The van der Waals surface area contributed by atoms with Crippen LogP contribution in [0.5, 0.6) is 0 Å². The van der Waals surface area contributed by atoms with Crippen LogP contribution < -0.4 is 0 Å². The van der Waals surface area contributed by atoms with Crippen LogP contribution in [0.4, 0.5) is 0 Å². The first kappa shape index (κ1) is 10.1. The third-order valence-electron chi connectivity index (χ3n) is 2.99. The molecule has 1 atom stereocenters. The fourth-order valence-electron chi connectivity index (χ4n) is 1.89. The molecule has 0 bridgehead atoms. The van der Waals surface area contributed by atoms with E-state index in [1.165, 1.54) is 11.1 Å². The van der Waals surface area contributed by atoms with Crippen LogP contribution in [0.15, 0.2) is 18.2 Å². The molecule has 1 aliphatic rings. The summed E-state index contributed by atoms with van der Waals surface area (Å²) in [6.07, 6.45) is -0.337. The Balaban J connectivity index is 2.51. The maximum atomic E-state index is 10.2. The number of aliphatic hydroxyl groups is 1. The van der Waals surface area contributed by atoms with Gasteiger partial charge in [0.15, 0.2) is 0 Å². The molecule has 1 aliphatic heterocycles. The highest BCUT2D eigenvalue weighted by Gasteiger charge is 2.35. The summed E-state index contributed by atoms with van der Waals surface area (Å²) in [6, 6.07) is 6.20. The molecule has 0 amide bonds. The van der Waals surface area contributed by atoms with E-state index < -0.39 is 0 Å². The predicted molar refractivity (Wildman–Crippen MR) is 61.5 cm³/mol. The van der Waals surface area contributed by atoms with Crippen LogP contribution in [0.25, 0.3) is 0 Å². The molecule has 14 heavy (non-hydrogen) atoms. The van der Waals surface area contributed by atoms with Gasteiger partial charge in [0.25, 0.3) is 0 Å². The van der Waals surface area contributed by atoms with Gasteiger partial charge in [0.1, 0.15) is 0 Å². The first-order valence-corrected chi connectivity index (χ1v) is 5.91. The minimum Gasteiger partial charge on any atom is -0.387 e. The zero-order valence-corrected chi connectivity index (χ0v) is 9.69. The number of aliphatic hydroxyl groups excluding tert-OH is 1. The molecule has 1 aromatic rings. The summed E-state index contributed by atoms with van der Waals surface area (Å²) in [5, 5.41) is 10.2. The molecule has 0 radical (unpaired) electrons. The largest absolute Gasteiger partial charge is 0.387 e. The van der Waals surface area contributed by atoms with E-state index in [2.05, 4.69) is 32.9 Å². The topological polar surface area (TPSA) is 20.2 Å². The van der Waals surface area contributed by atoms with Crippen LogP contribution in [0.3, 0.4) is 0 Å². The van der Waals surface area contributed by atoms with Crippen LogP contribution in [-0.2, 0) is 5.75 Å². The van der Waals surface area contributed by atoms with Gasteiger partial charge in [-0.1, -0.05) is 18.2 Å². The summed E-state index contributed by atoms with van der Waals surface area (Å²) in [7, 11) is 0. The van der Waals surface area contributed by atoms with E-state index in [0.29, 0.717) is 0 Å². The monoisotopic (exact) mass is 208 g/mol.